The van der Waals surface area contributed by atoms with Gasteiger partial charge in [0.2, 0.25) is 0 Å². The fourth-order valence-corrected chi connectivity index (χ4v) is 4.57. The second kappa shape index (κ2) is 11.1. The number of carboxylic acid groups (broad SMARTS) is 1. The third-order valence-electron chi connectivity index (χ3n) is 6.28. The minimum atomic E-state index is -1.35. The highest BCUT2D eigenvalue weighted by molar-refractivity contribution is 5.94. The summed E-state index contributed by atoms with van der Waals surface area (Å²) in [7, 11) is 0. The number of aliphatic hydroxyl groups is 1. The Labute approximate surface area is 221 Å². The quantitative estimate of drug-likeness (QED) is 0.554. The zero-order valence-corrected chi connectivity index (χ0v) is 22.6. The molecule has 1 fully saturated rings. The molecule has 0 saturated carbocycles. The van der Waals surface area contributed by atoms with E-state index in [1.54, 1.807) is 26.8 Å². The number of aromatic nitrogens is 3. The number of aliphatic hydroxyl groups excluding tert-OH is 1. The van der Waals surface area contributed by atoms with Crippen LogP contribution in [0.3, 0.4) is 0 Å². The van der Waals surface area contributed by atoms with Crippen LogP contribution in [-0.4, -0.2) is 84.3 Å². The highest BCUT2D eigenvalue weighted by atomic mass is 19.1. The summed E-state index contributed by atoms with van der Waals surface area (Å²) in [5.41, 5.74) is -2.30. The van der Waals surface area contributed by atoms with E-state index in [1.165, 1.54) is 34.9 Å². The Bertz CT molecular complexity index is 1190. The fourth-order valence-electron chi connectivity index (χ4n) is 4.57. The molecule has 1 saturated heterocycles. The molecule has 2 N–H and O–H groups in total. The molecule has 3 rings (SSSR count). The zero-order chi connectivity index (χ0) is 28.4. The molecular weight excluding hydrogens is 497 g/mol. The lowest BCUT2D eigenvalue weighted by Crippen LogP contribution is -2.60. The average Bonchev–Trinajstić information content (AvgIpc) is 3.24. The molecule has 1 aliphatic heterocycles. The van der Waals surface area contributed by atoms with Crippen molar-refractivity contribution in [1.29, 1.82) is 0 Å². The number of para-hydroxylation sites is 1. The van der Waals surface area contributed by atoms with Gasteiger partial charge in [0.15, 0.2) is 5.69 Å². The third-order valence-corrected chi connectivity index (χ3v) is 6.28. The number of rotatable bonds is 7. The predicted molar refractivity (Wildman–Crippen MR) is 135 cm³/mol. The number of likely N-dealkylation sites (tertiary alicyclic amines) is 1. The standard InChI is InChI=1S/C26H36FN5O6/c1-16(2)12-31(17-11-26(6,23(35)36)15-30(13-17)24(37)38-25(3,4)5)22(34)21-20(14-33)32(29-28-21)19-10-8-7-9-18(19)27/h7-10,16-17,33H,11-15H2,1-6H3,(H,35,36)/t17-,26+/m0/s1. The third kappa shape index (κ3) is 6.29. The van der Waals surface area contributed by atoms with E-state index >= 15 is 0 Å². The van der Waals surface area contributed by atoms with Crippen molar-refractivity contribution in [3.05, 3.63) is 41.5 Å². The molecular formula is C26H36FN5O6. The molecule has 38 heavy (non-hydrogen) atoms. The van der Waals surface area contributed by atoms with Crippen molar-refractivity contribution in [3.8, 4) is 5.69 Å². The van der Waals surface area contributed by atoms with E-state index < -0.39 is 47.5 Å². The van der Waals surface area contributed by atoms with Gasteiger partial charge in [0.05, 0.1) is 18.1 Å². The summed E-state index contributed by atoms with van der Waals surface area (Å²) in [6.07, 6.45) is -0.594. The van der Waals surface area contributed by atoms with Crippen molar-refractivity contribution >= 4 is 18.0 Å². The lowest BCUT2D eigenvalue weighted by Gasteiger charge is -2.46. The number of halogens is 1. The summed E-state index contributed by atoms with van der Waals surface area (Å²) in [6.45, 7) is 10.0. The van der Waals surface area contributed by atoms with Gasteiger partial charge in [-0.05, 0) is 52.2 Å². The van der Waals surface area contributed by atoms with Gasteiger partial charge in [-0.15, -0.1) is 5.10 Å². The minimum Gasteiger partial charge on any atom is -0.481 e. The normalized spacial score (nSPS) is 19.9. The Kier molecular flexibility index (Phi) is 8.45. The van der Waals surface area contributed by atoms with Crippen molar-refractivity contribution in [1.82, 2.24) is 24.8 Å². The van der Waals surface area contributed by atoms with E-state index in [0.717, 1.165) is 4.68 Å². The van der Waals surface area contributed by atoms with Crippen LogP contribution < -0.4 is 0 Å². The molecule has 0 radical (unpaired) electrons. The molecule has 0 aliphatic carbocycles. The van der Waals surface area contributed by atoms with Crippen LogP contribution in [0.5, 0.6) is 0 Å². The molecule has 11 nitrogen and oxygen atoms in total. The first kappa shape index (κ1) is 29.0. The first-order valence-electron chi connectivity index (χ1n) is 12.5. The molecule has 2 aromatic rings. The highest BCUT2D eigenvalue weighted by Gasteiger charge is 2.47. The van der Waals surface area contributed by atoms with Gasteiger partial charge in [-0.3, -0.25) is 9.59 Å². The molecule has 0 bridgehead atoms. The van der Waals surface area contributed by atoms with Crippen molar-refractivity contribution < 1.29 is 33.7 Å². The van der Waals surface area contributed by atoms with E-state index in [1.807, 2.05) is 13.8 Å². The topological polar surface area (TPSA) is 138 Å². The van der Waals surface area contributed by atoms with E-state index in [9.17, 15) is 29.0 Å². The van der Waals surface area contributed by atoms with Crippen molar-refractivity contribution in [3.63, 3.8) is 0 Å². The molecule has 12 heteroatoms. The monoisotopic (exact) mass is 533 g/mol. The highest BCUT2D eigenvalue weighted by Crippen LogP contribution is 2.34. The van der Waals surface area contributed by atoms with Crippen LogP contribution in [0, 0.1) is 17.2 Å². The van der Waals surface area contributed by atoms with Crippen LogP contribution >= 0.6 is 0 Å². The summed E-state index contributed by atoms with van der Waals surface area (Å²) in [5, 5.41) is 28.0. The van der Waals surface area contributed by atoms with E-state index in [0.29, 0.717) is 0 Å². The molecule has 2 amide bonds. The number of aliphatic carboxylic acids is 1. The summed E-state index contributed by atoms with van der Waals surface area (Å²) in [4.78, 5) is 41.9. The van der Waals surface area contributed by atoms with Gasteiger partial charge in [0.1, 0.15) is 22.8 Å². The summed E-state index contributed by atoms with van der Waals surface area (Å²) < 4.78 is 21.0. The number of hydrogen-bond donors (Lipinski definition) is 2. The Morgan fingerprint density at radius 2 is 1.92 bits per heavy atom. The number of hydrogen-bond acceptors (Lipinski definition) is 7. The number of carbonyl (C=O) groups excluding carboxylic acids is 2. The smallest absolute Gasteiger partial charge is 0.410 e. The minimum absolute atomic E-state index is 0.00494. The first-order valence-corrected chi connectivity index (χ1v) is 12.5. The predicted octanol–water partition coefficient (Wildman–Crippen LogP) is 3.10. The first-order chi connectivity index (χ1) is 17.7. The van der Waals surface area contributed by atoms with Crippen LogP contribution in [0.4, 0.5) is 9.18 Å². The van der Waals surface area contributed by atoms with Gasteiger partial charge in [0, 0.05) is 19.6 Å². The van der Waals surface area contributed by atoms with Crippen LogP contribution in [0.25, 0.3) is 5.69 Å². The number of piperidine rings is 1. The molecule has 1 aliphatic rings. The van der Waals surface area contributed by atoms with E-state index in [4.69, 9.17) is 4.74 Å². The number of nitrogens with zero attached hydrogens (tertiary/aromatic N) is 5. The maximum Gasteiger partial charge on any atom is 0.410 e. The summed E-state index contributed by atoms with van der Waals surface area (Å²) >= 11 is 0. The number of benzene rings is 1. The maximum atomic E-state index is 14.5. The van der Waals surface area contributed by atoms with Gasteiger partial charge >= 0.3 is 12.1 Å². The molecule has 1 aromatic heterocycles. The second-order valence-electron chi connectivity index (χ2n) is 11.3. The van der Waals surface area contributed by atoms with Gasteiger partial charge in [-0.2, -0.15) is 0 Å². The molecule has 0 unspecified atom stereocenters. The maximum absolute atomic E-state index is 14.5. The second-order valence-corrected chi connectivity index (χ2v) is 11.3. The van der Waals surface area contributed by atoms with Gasteiger partial charge < -0.3 is 24.7 Å². The summed E-state index contributed by atoms with van der Waals surface area (Å²) in [5.74, 6) is -2.34. The molecule has 0 spiro atoms. The van der Waals surface area contributed by atoms with Gasteiger partial charge in [-0.1, -0.05) is 31.2 Å². The number of ether oxygens (including phenoxy) is 1. The van der Waals surface area contributed by atoms with Crippen LogP contribution in [0.1, 0.15) is 64.1 Å². The summed E-state index contributed by atoms with van der Waals surface area (Å²) in [6, 6.07) is 5.07. The number of carbonyl (C=O) groups is 3. The van der Waals surface area contributed by atoms with Crippen LogP contribution in [0.15, 0.2) is 24.3 Å². The van der Waals surface area contributed by atoms with Gasteiger partial charge in [0.25, 0.3) is 5.91 Å². The van der Waals surface area contributed by atoms with Crippen molar-refractivity contribution in [2.75, 3.05) is 19.6 Å². The lowest BCUT2D eigenvalue weighted by atomic mass is 9.79. The van der Waals surface area contributed by atoms with Crippen molar-refractivity contribution in [2.24, 2.45) is 11.3 Å². The van der Waals surface area contributed by atoms with Gasteiger partial charge in [-0.25, -0.2) is 13.9 Å². The van der Waals surface area contributed by atoms with Crippen LogP contribution in [-0.2, 0) is 16.1 Å². The largest absolute Gasteiger partial charge is 0.481 e. The molecule has 1 aromatic carbocycles. The fraction of sp³-hybridized carbons (Fsp3) is 0.577. The Morgan fingerprint density at radius 1 is 1.26 bits per heavy atom. The zero-order valence-electron chi connectivity index (χ0n) is 22.6. The molecule has 208 valence electrons. The molecule has 2 heterocycles. The van der Waals surface area contributed by atoms with Crippen LogP contribution in [0.2, 0.25) is 0 Å². The average molecular weight is 534 g/mol. The Morgan fingerprint density at radius 3 is 2.47 bits per heavy atom. The Hall–Kier alpha value is -3.54. The van der Waals surface area contributed by atoms with E-state index in [-0.39, 0.29) is 49.0 Å². The van der Waals surface area contributed by atoms with Crippen molar-refractivity contribution in [2.45, 2.75) is 66.2 Å². The number of amides is 2. The lowest BCUT2D eigenvalue weighted by molar-refractivity contribution is -0.152. The number of carboxylic acids is 1. The molecule has 2 atom stereocenters. The SMILES string of the molecule is CC(C)CN(C(=O)c1nnn(-c2ccccc2F)c1CO)[C@@H]1CN(C(=O)OC(C)(C)C)C[C@](C)(C(=O)O)C1. The van der Waals surface area contributed by atoms with E-state index in [2.05, 4.69) is 10.3 Å². The Balaban J connectivity index is 2.03.